The van der Waals surface area contributed by atoms with Crippen LogP contribution in [0.15, 0.2) is 60.7 Å². The van der Waals surface area contributed by atoms with Crippen LogP contribution in [-0.4, -0.2) is 45.1 Å². The van der Waals surface area contributed by atoms with Gasteiger partial charge in [-0.05, 0) is 18.1 Å². The normalized spacial score (nSPS) is 33.9. The Bertz CT molecular complexity index is 846. The Morgan fingerprint density at radius 3 is 2.48 bits per heavy atom. The zero-order valence-electron chi connectivity index (χ0n) is 15.3. The van der Waals surface area contributed by atoms with E-state index in [4.69, 9.17) is 4.74 Å². The highest BCUT2D eigenvalue weighted by Crippen LogP contribution is 2.53. The van der Waals surface area contributed by atoms with E-state index in [0.29, 0.717) is 12.6 Å². The number of benzene rings is 2. The van der Waals surface area contributed by atoms with Gasteiger partial charge in [0.15, 0.2) is 0 Å². The number of ether oxygens (including phenoxy) is 1. The van der Waals surface area contributed by atoms with Gasteiger partial charge in [0.1, 0.15) is 9.65 Å². The summed E-state index contributed by atoms with van der Waals surface area (Å²) in [6, 6.07) is 21.2. The summed E-state index contributed by atoms with van der Waals surface area (Å²) in [6.45, 7) is 4.51. The van der Waals surface area contributed by atoms with E-state index >= 15 is 0 Å². The van der Waals surface area contributed by atoms with Gasteiger partial charge in [0, 0.05) is 25.0 Å². The van der Waals surface area contributed by atoms with Crippen LogP contribution in [0, 0.1) is 5.92 Å². The van der Waals surface area contributed by atoms with Crippen LogP contribution in [0.4, 0.5) is 0 Å². The van der Waals surface area contributed by atoms with Gasteiger partial charge >= 0.3 is 0 Å². The van der Waals surface area contributed by atoms with Gasteiger partial charge in [-0.3, -0.25) is 9.69 Å². The summed E-state index contributed by atoms with van der Waals surface area (Å²) < 4.78 is 5.81. The molecule has 0 radical (unpaired) electrons. The lowest BCUT2D eigenvalue weighted by Gasteiger charge is -2.30. The molecular formula is C22H23IN2O2. The Balaban J connectivity index is 1.40. The van der Waals surface area contributed by atoms with Gasteiger partial charge in [-0.1, -0.05) is 83.3 Å². The molecule has 3 heterocycles. The molecule has 0 aliphatic carbocycles. The van der Waals surface area contributed by atoms with Crippen LogP contribution in [0.1, 0.15) is 30.1 Å². The number of alkyl halides is 1. The molecule has 5 rings (SSSR count). The van der Waals surface area contributed by atoms with Crippen molar-refractivity contribution in [3.8, 4) is 0 Å². The van der Waals surface area contributed by atoms with E-state index in [1.165, 1.54) is 11.1 Å². The largest absolute Gasteiger partial charge is 0.355 e. The molecule has 0 unspecified atom stereocenters. The standard InChI is InChI=1S/C22H23IN2O2/c1-15(16-8-4-2-5-9-16)24-12-18-20-25(21(26)22(18,23)14-24)19(13-27-20)17-10-6-3-7-11-17/h2-11,15,18-20H,12-14H2,1H3/t15-,18+,19+,20+,22-/m0/s1. The lowest BCUT2D eigenvalue weighted by atomic mass is 9.98. The van der Waals surface area contributed by atoms with E-state index in [2.05, 4.69) is 70.8 Å². The van der Waals surface area contributed by atoms with Gasteiger partial charge in [-0.2, -0.15) is 0 Å². The fraction of sp³-hybridized carbons (Fsp3) is 0.409. The minimum absolute atomic E-state index is 0.0425. The average Bonchev–Trinajstić information content (AvgIpc) is 3.34. The van der Waals surface area contributed by atoms with E-state index in [1.54, 1.807) is 0 Å². The smallest absolute Gasteiger partial charge is 0.243 e. The molecular weight excluding hydrogens is 451 g/mol. The van der Waals surface area contributed by atoms with Crippen molar-refractivity contribution < 1.29 is 9.53 Å². The molecule has 4 nitrogen and oxygen atoms in total. The number of rotatable bonds is 3. The first-order chi connectivity index (χ1) is 13.1. The SMILES string of the molecule is C[C@@H](c1ccccc1)N1C[C@@H]2[C@H]3OC[C@H](c4ccccc4)N3C(=O)[C@]2(I)C1. The van der Waals surface area contributed by atoms with E-state index in [9.17, 15) is 4.79 Å². The number of hydrogen-bond acceptors (Lipinski definition) is 3. The molecule has 0 spiro atoms. The summed E-state index contributed by atoms with van der Waals surface area (Å²) in [7, 11) is 0. The van der Waals surface area contributed by atoms with Crippen molar-refractivity contribution in [3.05, 3.63) is 71.8 Å². The molecule has 0 bridgehead atoms. The third-order valence-corrected chi connectivity index (χ3v) is 8.04. The minimum Gasteiger partial charge on any atom is -0.355 e. The Hall–Kier alpha value is -1.44. The molecule has 27 heavy (non-hydrogen) atoms. The maximum Gasteiger partial charge on any atom is 0.243 e. The van der Waals surface area contributed by atoms with Crippen molar-refractivity contribution in [1.29, 1.82) is 0 Å². The molecule has 0 aromatic heterocycles. The minimum atomic E-state index is -0.390. The van der Waals surface area contributed by atoms with Crippen LogP contribution >= 0.6 is 22.6 Å². The lowest BCUT2D eigenvalue weighted by molar-refractivity contribution is -0.133. The molecule has 5 atom stereocenters. The van der Waals surface area contributed by atoms with Gasteiger partial charge in [-0.25, -0.2) is 0 Å². The van der Waals surface area contributed by atoms with Crippen LogP contribution in [0.25, 0.3) is 0 Å². The number of nitrogens with zero attached hydrogens (tertiary/aromatic N) is 2. The maximum atomic E-state index is 13.5. The average molecular weight is 474 g/mol. The van der Waals surface area contributed by atoms with Gasteiger partial charge in [0.05, 0.1) is 12.6 Å². The first-order valence-corrected chi connectivity index (χ1v) is 10.6. The van der Waals surface area contributed by atoms with Crippen molar-refractivity contribution in [1.82, 2.24) is 9.80 Å². The highest BCUT2D eigenvalue weighted by Gasteiger charge is 2.66. The van der Waals surface area contributed by atoms with E-state index in [0.717, 1.165) is 13.1 Å². The first kappa shape index (κ1) is 17.6. The van der Waals surface area contributed by atoms with Crippen LogP contribution < -0.4 is 0 Å². The Morgan fingerprint density at radius 2 is 1.78 bits per heavy atom. The summed E-state index contributed by atoms with van der Waals surface area (Å²) in [5, 5.41) is 0. The summed E-state index contributed by atoms with van der Waals surface area (Å²) in [5.41, 5.74) is 2.47. The highest BCUT2D eigenvalue weighted by atomic mass is 127. The van der Waals surface area contributed by atoms with Gasteiger partial charge < -0.3 is 9.64 Å². The second kappa shape index (κ2) is 6.57. The van der Waals surface area contributed by atoms with Crippen molar-refractivity contribution >= 4 is 28.5 Å². The predicted octanol–water partition coefficient (Wildman–Crippen LogP) is 3.79. The monoisotopic (exact) mass is 474 g/mol. The van der Waals surface area contributed by atoms with Crippen LogP contribution in [0.5, 0.6) is 0 Å². The summed E-state index contributed by atoms with van der Waals surface area (Å²) in [6.07, 6.45) is -0.104. The molecule has 0 saturated carbocycles. The topological polar surface area (TPSA) is 32.8 Å². The fourth-order valence-corrected chi connectivity index (χ4v) is 6.12. The van der Waals surface area contributed by atoms with Crippen molar-refractivity contribution in [2.45, 2.75) is 28.7 Å². The number of carbonyl (C=O) groups is 1. The van der Waals surface area contributed by atoms with Gasteiger partial charge in [-0.15, -0.1) is 0 Å². The van der Waals surface area contributed by atoms with Crippen LogP contribution in [0.2, 0.25) is 0 Å². The van der Waals surface area contributed by atoms with E-state index < -0.39 is 0 Å². The van der Waals surface area contributed by atoms with Crippen LogP contribution in [-0.2, 0) is 9.53 Å². The highest BCUT2D eigenvalue weighted by molar-refractivity contribution is 14.1. The maximum absolute atomic E-state index is 13.5. The van der Waals surface area contributed by atoms with E-state index in [-0.39, 0.29) is 27.5 Å². The zero-order chi connectivity index (χ0) is 18.6. The molecule has 3 aliphatic heterocycles. The summed E-state index contributed by atoms with van der Waals surface area (Å²) in [4.78, 5) is 18.0. The summed E-state index contributed by atoms with van der Waals surface area (Å²) >= 11 is 2.42. The van der Waals surface area contributed by atoms with Crippen molar-refractivity contribution in [3.63, 3.8) is 0 Å². The number of halogens is 1. The number of carbonyl (C=O) groups excluding carboxylic acids is 1. The third-order valence-electron chi connectivity index (χ3n) is 6.44. The van der Waals surface area contributed by atoms with Crippen molar-refractivity contribution in [2.75, 3.05) is 19.7 Å². The Morgan fingerprint density at radius 1 is 1.11 bits per heavy atom. The molecule has 3 saturated heterocycles. The van der Waals surface area contributed by atoms with E-state index in [1.807, 2.05) is 29.2 Å². The molecule has 3 aliphatic rings. The summed E-state index contributed by atoms with van der Waals surface area (Å²) in [5.74, 6) is 0.456. The quantitative estimate of drug-likeness (QED) is 0.502. The Kier molecular flexibility index (Phi) is 4.29. The number of likely N-dealkylation sites (tertiary alicyclic amines) is 1. The predicted molar refractivity (Wildman–Crippen MR) is 112 cm³/mol. The molecule has 3 fully saturated rings. The fourth-order valence-electron chi connectivity index (χ4n) is 4.90. The van der Waals surface area contributed by atoms with Crippen molar-refractivity contribution in [2.24, 2.45) is 5.92 Å². The van der Waals surface area contributed by atoms with Gasteiger partial charge in [0.2, 0.25) is 5.91 Å². The number of hydrogen-bond donors (Lipinski definition) is 0. The second-order valence-electron chi connectivity index (χ2n) is 7.85. The molecule has 140 valence electrons. The molecule has 5 heteroatoms. The van der Waals surface area contributed by atoms with Crippen LogP contribution in [0.3, 0.4) is 0 Å². The third kappa shape index (κ3) is 2.66. The molecule has 1 amide bonds. The molecule has 0 N–H and O–H groups in total. The number of fused-ring (bicyclic) bond motifs is 3. The molecule has 2 aromatic rings. The second-order valence-corrected chi connectivity index (χ2v) is 9.77. The first-order valence-electron chi connectivity index (χ1n) is 9.57. The zero-order valence-corrected chi connectivity index (χ0v) is 17.5. The number of amides is 1. The lowest BCUT2D eigenvalue weighted by Crippen LogP contribution is -2.42. The Labute approximate surface area is 173 Å². The molecule has 2 aromatic carbocycles. The van der Waals surface area contributed by atoms with Gasteiger partial charge in [0.25, 0.3) is 0 Å².